The lowest BCUT2D eigenvalue weighted by atomic mass is 10.1. The smallest absolute Gasteiger partial charge is 0.228 e. The molecule has 2 N–H and O–H groups in total. The summed E-state index contributed by atoms with van der Waals surface area (Å²) in [6.45, 7) is 2.60. The molecule has 2 aromatic rings. The van der Waals surface area contributed by atoms with Gasteiger partial charge in [0.2, 0.25) is 5.78 Å². The Balaban J connectivity index is 2.47. The minimum atomic E-state index is -0.231. The molecule has 18 heavy (non-hydrogen) atoms. The summed E-state index contributed by atoms with van der Waals surface area (Å²) in [5.41, 5.74) is 6.28. The molecular weight excluding hydrogens is 273 g/mol. The first-order valence-electron chi connectivity index (χ1n) is 5.35. The predicted molar refractivity (Wildman–Crippen MR) is 72.2 cm³/mol. The number of ketones is 1. The van der Waals surface area contributed by atoms with Crippen molar-refractivity contribution in [2.75, 3.05) is 5.73 Å². The van der Waals surface area contributed by atoms with Gasteiger partial charge in [-0.05, 0) is 19.1 Å². The molecule has 4 nitrogen and oxygen atoms in total. The first-order valence-corrected chi connectivity index (χ1v) is 6.10. The van der Waals surface area contributed by atoms with E-state index in [0.717, 1.165) is 0 Å². The number of carbonyl (C=O) groups excluding carboxylic acids is 1. The van der Waals surface area contributed by atoms with Crippen molar-refractivity contribution in [2.45, 2.75) is 13.5 Å². The van der Waals surface area contributed by atoms with Crippen molar-refractivity contribution in [3.05, 3.63) is 46.0 Å². The zero-order valence-electron chi connectivity index (χ0n) is 9.65. The maximum Gasteiger partial charge on any atom is 0.228 e. The molecule has 0 atom stereocenters. The van der Waals surface area contributed by atoms with E-state index in [1.807, 2.05) is 6.92 Å². The van der Waals surface area contributed by atoms with Gasteiger partial charge in [-0.3, -0.25) is 4.79 Å². The number of nitrogens with two attached hydrogens (primary N) is 1. The minimum absolute atomic E-state index is 0.231. The van der Waals surface area contributed by atoms with Crippen LogP contribution in [-0.2, 0) is 6.54 Å². The molecule has 1 aromatic carbocycles. The number of benzene rings is 1. The first-order chi connectivity index (χ1) is 8.54. The number of hydrogen-bond donors (Lipinski definition) is 1. The Labute approximate surface area is 114 Å². The summed E-state index contributed by atoms with van der Waals surface area (Å²) in [7, 11) is 0. The molecule has 0 saturated heterocycles. The molecule has 0 unspecified atom stereocenters. The predicted octanol–water partition coefficient (Wildman–Crippen LogP) is 3.02. The van der Waals surface area contributed by atoms with Gasteiger partial charge in [0, 0.05) is 24.5 Å². The van der Waals surface area contributed by atoms with Crippen LogP contribution in [0, 0.1) is 0 Å². The van der Waals surface area contributed by atoms with Gasteiger partial charge in [0.15, 0.2) is 5.82 Å². The number of imidazole rings is 1. The fraction of sp³-hybridized carbons (Fsp3) is 0.167. The highest BCUT2D eigenvalue weighted by atomic mass is 35.5. The number of nitrogen functional groups attached to an aromatic ring is 1. The van der Waals surface area contributed by atoms with Crippen LogP contribution in [0.3, 0.4) is 0 Å². The van der Waals surface area contributed by atoms with Crippen LogP contribution in [0.2, 0.25) is 10.0 Å². The highest BCUT2D eigenvalue weighted by molar-refractivity contribution is 6.39. The Morgan fingerprint density at radius 2 is 2.00 bits per heavy atom. The Morgan fingerprint density at radius 3 is 2.56 bits per heavy atom. The lowest BCUT2D eigenvalue weighted by Crippen LogP contribution is -2.10. The van der Waals surface area contributed by atoms with Crippen LogP contribution in [0.1, 0.15) is 23.1 Å². The van der Waals surface area contributed by atoms with E-state index in [0.29, 0.717) is 17.9 Å². The lowest BCUT2D eigenvalue weighted by Gasteiger charge is -2.07. The van der Waals surface area contributed by atoms with Crippen LogP contribution in [0.25, 0.3) is 0 Å². The molecular formula is C12H11Cl2N3O. The fourth-order valence-corrected chi connectivity index (χ4v) is 2.10. The molecule has 0 fully saturated rings. The molecule has 0 aliphatic carbocycles. The van der Waals surface area contributed by atoms with Crippen molar-refractivity contribution in [1.82, 2.24) is 9.55 Å². The molecule has 0 aliphatic rings. The van der Waals surface area contributed by atoms with E-state index in [1.54, 1.807) is 17.0 Å². The van der Waals surface area contributed by atoms with Crippen LogP contribution in [0.5, 0.6) is 0 Å². The summed E-state index contributed by atoms with van der Waals surface area (Å²) in [5.74, 6) is 0.125. The molecule has 0 spiro atoms. The zero-order valence-corrected chi connectivity index (χ0v) is 11.2. The second-order valence-electron chi connectivity index (χ2n) is 3.72. The third-order valence-electron chi connectivity index (χ3n) is 2.60. The van der Waals surface area contributed by atoms with Gasteiger partial charge in [-0.1, -0.05) is 23.2 Å². The number of carbonyl (C=O) groups is 1. The van der Waals surface area contributed by atoms with E-state index in [2.05, 4.69) is 4.98 Å². The summed E-state index contributed by atoms with van der Waals surface area (Å²) < 4.78 is 1.75. The standard InChI is InChI=1S/C12H11Cl2N3O/c1-2-17-4-3-16-12(17)11(18)7-5-8(13)10(15)9(14)6-7/h3-6H,2,15H2,1H3. The number of aromatic nitrogens is 2. The topological polar surface area (TPSA) is 60.9 Å². The summed E-state index contributed by atoms with van der Waals surface area (Å²) in [5, 5.41) is 0.529. The lowest BCUT2D eigenvalue weighted by molar-refractivity contribution is 0.102. The van der Waals surface area contributed by atoms with E-state index < -0.39 is 0 Å². The maximum absolute atomic E-state index is 12.3. The Bertz CT molecular complexity index is 584. The van der Waals surface area contributed by atoms with E-state index in [4.69, 9.17) is 28.9 Å². The third-order valence-corrected chi connectivity index (χ3v) is 3.23. The molecule has 0 saturated carbocycles. The fourth-order valence-electron chi connectivity index (χ4n) is 1.62. The average Bonchev–Trinajstić information content (AvgIpc) is 2.82. The zero-order chi connectivity index (χ0) is 13.3. The second kappa shape index (κ2) is 5.00. The van der Waals surface area contributed by atoms with Crippen LogP contribution in [0.15, 0.2) is 24.5 Å². The molecule has 94 valence electrons. The van der Waals surface area contributed by atoms with Crippen molar-refractivity contribution in [1.29, 1.82) is 0 Å². The van der Waals surface area contributed by atoms with Crippen molar-refractivity contribution < 1.29 is 4.79 Å². The summed E-state index contributed by atoms with van der Waals surface area (Å²) in [6, 6.07) is 3.00. The SMILES string of the molecule is CCn1ccnc1C(=O)c1cc(Cl)c(N)c(Cl)c1. The van der Waals surface area contributed by atoms with Crippen LogP contribution in [-0.4, -0.2) is 15.3 Å². The molecule has 2 rings (SSSR count). The van der Waals surface area contributed by atoms with Crippen LogP contribution < -0.4 is 5.73 Å². The molecule has 1 heterocycles. The van der Waals surface area contributed by atoms with Crippen molar-refractivity contribution >= 4 is 34.7 Å². The summed E-state index contributed by atoms with van der Waals surface area (Å²) >= 11 is 11.8. The average molecular weight is 284 g/mol. The van der Waals surface area contributed by atoms with Gasteiger partial charge in [-0.2, -0.15) is 0 Å². The van der Waals surface area contributed by atoms with Gasteiger partial charge in [0.25, 0.3) is 0 Å². The summed E-state index contributed by atoms with van der Waals surface area (Å²) in [4.78, 5) is 16.3. The highest BCUT2D eigenvalue weighted by Crippen LogP contribution is 2.29. The van der Waals surface area contributed by atoms with E-state index in [-0.39, 0.29) is 21.5 Å². The number of halogens is 2. The Hall–Kier alpha value is -1.52. The van der Waals surface area contributed by atoms with Crippen molar-refractivity contribution in [3.8, 4) is 0 Å². The van der Waals surface area contributed by atoms with E-state index in [9.17, 15) is 4.79 Å². The van der Waals surface area contributed by atoms with Gasteiger partial charge in [0.05, 0.1) is 15.7 Å². The number of nitrogens with zero attached hydrogens (tertiary/aromatic N) is 2. The maximum atomic E-state index is 12.3. The molecule has 6 heteroatoms. The quantitative estimate of drug-likeness (QED) is 0.696. The van der Waals surface area contributed by atoms with Gasteiger partial charge >= 0.3 is 0 Å². The third kappa shape index (κ3) is 2.21. The minimum Gasteiger partial charge on any atom is -0.396 e. The second-order valence-corrected chi connectivity index (χ2v) is 4.53. The molecule has 0 aliphatic heterocycles. The number of anilines is 1. The van der Waals surface area contributed by atoms with Gasteiger partial charge in [-0.25, -0.2) is 4.98 Å². The first kappa shape index (κ1) is 12.9. The van der Waals surface area contributed by atoms with Crippen LogP contribution >= 0.6 is 23.2 Å². The van der Waals surface area contributed by atoms with Crippen LogP contribution in [0.4, 0.5) is 5.69 Å². The number of rotatable bonds is 3. The molecule has 1 aromatic heterocycles. The van der Waals surface area contributed by atoms with Crippen molar-refractivity contribution in [3.63, 3.8) is 0 Å². The number of hydrogen-bond acceptors (Lipinski definition) is 3. The normalized spacial score (nSPS) is 10.6. The highest BCUT2D eigenvalue weighted by Gasteiger charge is 2.17. The Kier molecular flexibility index (Phi) is 3.59. The monoisotopic (exact) mass is 283 g/mol. The largest absolute Gasteiger partial charge is 0.396 e. The molecule has 0 amide bonds. The number of aryl methyl sites for hydroxylation is 1. The van der Waals surface area contributed by atoms with Gasteiger partial charge in [0.1, 0.15) is 0 Å². The van der Waals surface area contributed by atoms with E-state index >= 15 is 0 Å². The van der Waals surface area contributed by atoms with E-state index in [1.165, 1.54) is 12.1 Å². The van der Waals surface area contributed by atoms with Gasteiger partial charge < -0.3 is 10.3 Å². The molecule has 0 bridgehead atoms. The van der Waals surface area contributed by atoms with Gasteiger partial charge in [-0.15, -0.1) is 0 Å². The van der Waals surface area contributed by atoms with Crippen molar-refractivity contribution in [2.24, 2.45) is 0 Å². The summed E-state index contributed by atoms with van der Waals surface area (Å²) in [6.07, 6.45) is 3.32. The Morgan fingerprint density at radius 1 is 1.39 bits per heavy atom. The molecule has 0 radical (unpaired) electrons.